The second kappa shape index (κ2) is 5.75. The number of aryl methyl sites for hydroxylation is 1. The molecule has 0 unspecified atom stereocenters. The molecule has 2 nitrogen and oxygen atoms in total. The van der Waals surface area contributed by atoms with Crippen LogP contribution in [0.1, 0.15) is 22.2 Å². The van der Waals surface area contributed by atoms with Crippen molar-refractivity contribution in [1.29, 1.82) is 0 Å². The molecule has 2 rings (SSSR count). The predicted molar refractivity (Wildman–Crippen MR) is 76.9 cm³/mol. The first-order valence-corrected chi connectivity index (χ1v) is 7.00. The molecular weight excluding hydrogens is 285 g/mol. The van der Waals surface area contributed by atoms with E-state index in [1.807, 2.05) is 19.1 Å². The van der Waals surface area contributed by atoms with Crippen molar-refractivity contribution < 1.29 is 13.2 Å². The number of nitrogen functional groups attached to an aromatic ring is 1. The molecule has 3 N–H and O–H groups in total. The normalized spacial score (nSPS) is 11.6. The fourth-order valence-corrected chi connectivity index (χ4v) is 2.74. The Balaban J connectivity index is 2.17. The Bertz CT molecular complexity index is 590. The number of halogens is 3. The quantitative estimate of drug-likeness (QED) is 0.814. The summed E-state index contributed by atoms with van der Waals surface area (Å²) in [5.41, 5.74) is 4.85. The summed E-state index contributed by atoms with van der Waals surface area (Å²) in [5.74, 6) is 0. The third kappa shape index (κ3) is 3.45. The number of nitrogens with two attached hydrogens (primary N) is 1. The van der Waals surface area contributed by atoms with Gasteiger partial charge in [0.2, 0.25) is 0 Å². The second-order valence-corrected chi connectivity index (χ2v) is 5.63. The fraction of sp³-hybridized carbons (Fsp3) is 0.286. The van der Waals surface area contributed by atoms with Crippen LogP contribution in [0.25, 0.3) is 0 Å². The molecule has 0 aliphatic heterocycles. The maximum Gasteiger partial charge on any atom is 0.418 e. The van der Waals surface area contributed by atoms with Crippen molar-refractivity contribution in [2.75, 3.05) is 11.1 Å². The highest BCUT2D eigenvalue weighted by molar-refractivity contribution is 7.12. The molecule has 1 heterocycles. The van der Waals surface area contributed by atoms with Crippen LogP contribution in [0, 0.1) is 0 Å². The highest BCUT2D eigenvalue weighted by atomic mass is 32.1. The Labute approximate surface area is 119 Å². The van der Waals surface area contributed by atoms with Gasteiger partial charge in [0, 0.05) is 27.7 Å². The third-order valence-electron chi connectivity index (χ3n) is 2.87. The van der Waals surface area contributed by atoms with Crippen molar-refractivity contribution in [3.05, 3.63) is 45.6 Å². The predicted octanol–water partition coefficient (Wildman–Crippen LogP) is 4.52. The van der Waals surface area contributed by atoms with Crippen molar-refractivity contribution in [1.82, 2.24) is 0 Å². The summed E-state index contributed by atoms with van der Waals surface area (Å²) in [6.07, 6.45) is -3.48. The molecule has 1 aromatic carbocycles. The van der Waals surface area contributed by atoms with Crippen LogP contribution in [0.15, 0.2) is 30.3 Å². The van der Waals surface area contributed by atoms with E-state index in [9.17, 15) is 13.2 Å². The number of benzene rings is 1. The van der Waals surface area contributed by atoms with Gasteiger partial charge in [-0.1, -0.05) is 6.92 Å². The monoisotopic (exact) mass is 300 g/mol. The highest BCUT2D eigenvalue weighted by Gasteiger charge is 2.33. The summed E-state index contributed by atoms with van der Waals surface area (Å²) in [4.78, 5) is 2.22. The van der Waals surface area contributed by atoms with E-state index in [0.29, 0.717) is 6.54 Å². The van der Waals surface area contributed by atoms with Gasteiger partial charge < -0.3 is 11.1 Å². The lowest BCUT2D eigenvalue weighted by Gasteiger charge is -2.14. The van der Waals surface area contributed by atoms with E-state index >= 15 is 0 Å². The lowest BCUT2D eigenvalue weighted by molar-refractivity contribution is -0.136. The Hall–Kier alpha value is -1.69. The molecule has 0 fully saturated rings. The number of hydrogen-bond donors (Lipinski definition) is 2. The maximum absolute atomic E-state index is 12.9. The minimum absolute atomic E-state index is 0.0538. The van der Waals surface area contributed by atoms with E-state index in [4.69, 9.17) is 5.73 Å². The van der Waals surface area contributed by atoms with Gasteiger partial charge in [-0.25, -0.2) is 0 Å². The first-order chi connectivity index (χ1) is 9.40. The Morgan fingerprint density at radius 2 is 1.85 bits per heavy atom. The van der Waals surface area contributed by atoms with Gasteiger partial charge in [-0.3, -0.25) is 0 Å². The van der Waals surface area contributed by atoms with Crippen LogP contribution in [0.2, 0.25) is 0 Å². The van der Waals surface area contributed by atoms with E-state index in [2.05, 4.69) is 5.32 Å². The largest absolute Gasteiger partial charge is 0.418 e. The zero-order valence-electron chi connectivity index (χ0n) is 10.9. The van der Waals surface area contributed by atoms with Crippen LogP contribution in [0.4, 0.5) is 24.5 Å². The van der Waals surface area contributed by atoms with Gasteiger partial charge in [0.05, 0.1) is 5.56 Å². The minimum Gasteiger partial charge on any atom is -0.399 e. The SMILES string of the molecule is CCc1ccc(CNc2ccc(N)cc2C(F)(F)F)s1. The molecule has 0 aliphatic carbocycles. The van der Waals surface area contributed by atoms with Gasteiger partial charge in [0.25, 0.3) is 0 Å². The molecule has 0 atom stereocenters. The molecule has 108 valence electrons. The number of hydrogen-bond acceptors (Lipinski definition) is 3. The molecule has 0 amide bonds. The zero-order valence-corrected chi connectivity index (χ0v) is 11.7. The number of anilines is 2. The molecule has 0 saturated heterocycles. The number of thiophene rings is 1. The summed E-state index contributed by atoms with van der Waals surface area (Å²) in [5, 5.41) is 2.84. The van der Waals surface area contributed by atoms with Crippen molar-refractivity contribution in [2.45, 2.75) is 26.1 Å². The standard InChI is InChI=1S/C14H15F3N2S/c1-2-10-4-5-11(20-10)8-19-13-6-3-9(18)7-12(13)14(15,16)17/h3-7,19H,2,8,18H2,1H3. The van der Waals surface area contributed by atoms with Gasteiger partial charge in [-0.2, -0.15) is 13.2 Å². The molecule has 1 aromatic heterocycles. The average Bonchev–Trinajstić information content (AvgIpc) is 2.84. The zero-order chi connectivity index (χ0) is 14.8. The van der Waals surface area contributed by atoms with Crippen LogP contribution >= 0.6 is 11.3 Å². The molecule has 2 aromatic rings. The van der Waals surface area contributed by atoms with Crippen molar-refractivity contribution >= 4 is 22.7 Å². The fourth-order valence-electron chi connectivity index (χ4n) is 1.84. The van der Waals surface area contributed by atoms with Crippen LogP contribution < -0.4 is 11.1 Å². The molecule has 0 radical (unpaired) electrons. The van der Waals surface area contributed by atoms with Crippen molar-refractivity contribution in [3.63, 3.8) is 0 Å². The van der Waals surface area contributed by atoms with E-state index in [-0.39, 0.29) is 11.4 Å². The van der Waals surface area contributed by atoms with Gasteiger partial charge in [0.1, 0.15) is 0 Å². The van der Waals surface area contributed by atoms with E-state index in [1.165, 1.54) is 17.0 Å². The lowest BCUT2D eigenvalue weighted by Crippen LogP contribution is -2.11. The lowest BCUT2D eigenvalue weighted by atomic mass is 10.1. The van der Waals surface area contributed by atoms with Crippen LogP contribution in [0.3, 0.4) is 0 Å². The van der Waals surface area contributed by atoms with Gasteiger partial charge in [0.15, 0.2) is 0 Å². The third-order valence-corrected chi connectivity index (χ3v) is 4.10. The van der Waals surface area contributed by atoms with Crippen LogP contribution in [-0.4, -0.2) is 0 Å². The molecule has 6 heteroatoms. The number of rotatable bonds is 4. The first kappa shape index (κ1) is 14.7. The van der Waals surface area contributed by atoms with Gasteiger partial charge >= 0.3 is 6.18 Å². The Kier molecular flexibility index (Phi) is 4.23. The minimum atomic E-state index is -4.41. The summed E-state index contributed by atoms with van der Waals surface area (Å²) in [7, 11) is 0. The van der Waals surface area contributed by atoms with Crippen LogP contribution in [-0.2, 0) is 19.1 Å². The van der Waals surface area contributed by atoms with Gasteiger partial charge in [-0.05, 0) is 36.8 Å². The highest BCUT2D eigenvalue weighted by Crippen LogP contribution is 2.36. The molecular formula is C14H15F3N2S. The Morgan fingerprint density at radius 1 is 1.15 bits per heavy atom. The second-order valence-electron chi connectivity index (χ2n) is 4.38. The van der Waals surface area contributed by atoms with Crippen molar-refractivity contribution in [3.8, 4) is 0 Å². The number of nitrogens with one attached hydrogen (secondary N) is 1. The maximum atomic E-state index is 12.9. The van der Waals surface area contributed by atoms with Crippen molar-refractivity contribution in [2.24, 2.45) is 0 Å². The summed E-state index contributed by atoms with van der Waals surface area (Å²) >= 11 is 1.60. The summed E-state index contributed by atoms with van der Waals surface area (Å²) in [6, 6.07) is 7.71. The Morgan fingerprint density at radius 3 is 2.45 bits per heavy atom. The molecule has 20 heavy (non-hydrogen) atoms. The van der Waals surface area contributed by atoms with E-state index < -0.39 is 11.7 Å². The smallest absolute Gasteiger partial charge is 0.399 e. The van der Waals surface area contributed by atoms with E-state index in [1.54, 1.807) is 11.3 Å². The first-order valence-electron chi connectivity index (χ1n) is 6.18. The summed E-state index contributed by atoms with van der Waals surface area (Å²) in [6.45, 7) is 2.42. The van der Waals surface area contributed by atoms with Gasteiger partial charge in [-0.15, -0.1) is 11.3 Å². The molecule has 0 spiro atoms. The topological polar surface area (TPSA) is 38.0 Å². The molecule has 0 bridgehead atoms. The average molecular weight is 300 g/mol. The van der Waals surface area contributed by atoms with Crippen LogP contribution in [0.5, 0.6) is 0 Å². The molecule has 0 saturated carbocycles. The molecule has 0 aliphatic rings. The summed E-state index contributed by atoms with van der Waals surface area (Å²) < 4.78 is 38.8. The van der Waals surface area contributed by atoms with E-state index in [0.717, 1.165) is 17.4 Å². The number of alkyl halides is 3.